The van der Waals surface area contributed by atoms with Gasteiger partial charge >= 0.3 is 0 Å². The second-order valence-corrected chi connectivity index (χ2v) is 2.90. The summed E-state index contributed by atoms with van der Waals surface area (Å²) in [6, 6.07) is 4.39. The second kappa shape index (κ2) is 4.27. The highest BCUT2D eigenvalue weighted by molar-refractivity contribution is 5.76. The zero-order chi connectivity index (χ0) is 11.4. The maximum Gasteiger partial charge on any atom is 0.271 e. The Morgan fingerprint density at radius 1 is 1.53 bits per heavy atom. The normalized spacial score (nSPS) is 9.40. The van der Waals surface area contributed by atoms with Crippen molar-refractivity contribution in [1.82, 2.24) is 0 Å². The van der Waals surface area contributed by atoms with Crippen LogP contribution in [0.1, 0.15) is 5.56 Å². The first-order valence-electron chi connectivity index (χ1n) is 4.10. The summed E-state index contributed by atoms with van der Waals surface area (Å²) in [6.45, 7) is 1.79. The fraction of sp³-hybridized carbons (Fsp3) is 0.125. The zero-order valence-corrected chi connectivity index (χ0v) is 8.10. The smallest absolute Gasteiger partial charge is 0.271 e. The van der Waals surface area contributed by atoms with Crippen LogP contribution in [0.5, 0.6) is 0 Å². The molecule has 1 aromatic carbocycles. The molecule has 7 nitrogen and oxygen atoms in total. The molecule has 0 radical (unpaired) electrons. The van der Waals surface area contributed by atoms with Crippen LogP contribution in [0.25, 0.3) is 0 Å². The molecule has 15 heavy (non-hydrogen) atoms. The molecule has 0 aliphatic rings. The number of hydrogen-bond acceptors (Lipinski definition) is 4. The lowest BCUT2D eigenvalue weighted by Gasteiger charge is -2.04. The number of nitrogens with two attached hydrogens (primary N) is 2. The average Bonchev–Trinajstić information content (AvgIpc) is 2.16. The van der Waals surface area contributed by atoms with Gasteiger partial charge in [0.25, 0.3) is 5.69 Å². The minimum absolute atomic E-state index is 0.0195. The molecule has 0 aliphatic heterocycles. The van der Waals surface area contributed by atoms with Gasteiger partial charge < -0.3 is 11.5 Å². The summed E-state index contributed by atoms with van der Waals surface area (Å²) in [7, 11) is 0. The highest BCUT2D eigenvalue weighted by Gasteiger charge is 2.07. The van der Waals surface area contributed by atoms with Crippen molar-refractivity contribution < 1.29 is 4.92 Å². The van der Waals surface area contributed by atoms with E-state index in [1.807, 2.05) is 0 Å². The molecule has 0 fully saturated rings. The summed E-state index contributed by atoms with van der Waals surface area (Å²) in [5.74, 6) is -0.138. The SMILES string of the molecule is Cc1ccc([N+](=O)[O-])cc1NN=C(N)N. The van der Waals surface area contributed by atoms with E-state index in [0.29, 0.717) is 5.69 Å². The van der Waals surface area contributed by atoms with Gasteiger partial charge in [-0.2, -0.15) is 0 Å². The standard InChI is InChI=1S/C8H11N5O2/c1-5-2-3-6(13(14)15)4-7(5)11-12-8(9)10/h2-4,11H,1H3,(H4,9,10,12). The molecule has 0 spiro atoms. The summed E-state index contributed by atoms with van der Waals surface area (Å²) in [5.41, 5.74) is 14.1. The van der Waals surface area contributed by atoms with Crippen LogP contribution in [-0.2, 0) is 0 Å². The van der Waals surface area contributed by atoms with E-state index < -0.39 is 4.92 Å². The minimum Gasteiger partial charge on any atom is -0.369 e. The Hall–Kier alpha value is -2.31. The van der Waals surface area contributed by atoms with E-state index in [1.165, 1.54) is 12.1 Å². The molecule has 1 rings (SSSR count). The number of non-ortho nitro benzene ring substituents is 1. The van der Waals surface area contributed by atoms with Crippen LogP contribution in [0, 0.1) is 17.0 Å². The van der Waals surface area contributed by atoms with Crippen molar-refractivity contribution >= 4 is 17.3 Å². The predicted octanol–water partition coefficient (Wildman–Crippen LogP) is 0.504. The van der Waals surface area contributed by atoms with Gasteiger partial charge in [0, 0.05) is 12.1 Å². The summed E-state index contributed by atoms with van der Waals surface area (Å²) < 4.78 is 0. The van der Waals surface area contributed by atoms with Crippen LogP contribution in [0.3, 0.4) is 0 Å². The van der Waals surface area contributed by atoms with Crippen molar-refractivity contribution in [1.29, 1.82) is 0 Å². The van der Waals surface area contributed by atoms with Crippen molar-refractivity contribution in [3.8, 4) is 0 Å². The van der Waals surface area contributed by atoms with Gasteiger partial charge in [-0.3, -0.25) is 15.5 Å². The lowest BCUT2D eigenvalue weighted by atomic mass is 10.2. The molecule has 0 atom stereocenters. The molecule has 0 aromatic heterocycles. The molecule has 5 N–H and O–H groups in total. The lowest BCUT2D eigenvalue weighted by Crippen LogP contribution is -2.24. The summed E-state index contributed by atoms with van der Waals surface area (Å²) >= 11 is 0. The van der Waals surface area contributed by atoms with Crippen molar-refractivity contribution in [3.05, 3.63) is 33.9 Å². The average molecular weight is 209 g/mol. The third kappa shape index (κ3) is 2.83. The number of nitrogens with one attached hydrogen (secondary N) is 1. The van der Waals surface area contributed by atoms with Gasteiger partial charge in [0.15, 0.2) is 0 Å². The van der Waals surface area contributed by atoms with Crippen LogP contribution in [0.4, 0.5) is 11.4 Å². The lowest BCUT2D eigenvalue weighted by molar-refractivity contribution is -0.384. The first-order chi connectivity index (χ1) is 7.00. The van der Waals surface area contributed by atoms with Gasteiger partial charge in [0.1, 0.15) is 0 Å². The van der Waals surface area contributed by atoms with Crippen LogP contribution in [-0.4, -0.2) is 10.9 Å². The number of aryl methyl sites for hydroxylation is 1. The fourth-order valence-corrected chi connectivity index (χ4v) is 0.969. The predicted molar refractivity (Wildman–Crippen MR) is 57.3 cm³/mol. The third-order valence-corrected chi connectivity index (χ3v) is 1.74. The Labute approximate surface area is 85.9 Å². The maximum atomic E-state index is 10.5. The van der Waals surface area contributed by atoms with Gasteiger partial charge in [-0.1, -0.05) is 6.07 Å². The largest absolute Gasteiger partial charge is 0.369 e. The van der Waals surface area contributed by atoms with E-state index in [2.05, 4.69) is 10.5 Å². The number of nitrogens with zero attached hydrogens (tertiary/aromatic N) is 2. The van der Waals surface area contributed by atoms with Gasteiger partial charge in [-0.25, -0.2) is 0 Å². The molecule has 0 unspecified atom stereocenters. The van der Waals surface area contributed by atoms with Crippen LogP contribution in [0.15, 0.2) is 23.3 Å². The highest BCUT2D eigenvalue weighted by Crippen LogP contribution is 2.21. The first-order valence-corrected chi connectivity index (χ1v) is 4.10. The van der Waals surface area contributed by atoms with E-state index >= 15 is 0 Å². The van der Waals surface area contributed by atoms with Crippen molar-refractivity contribution in [2.24, 2.45) is 16.6 Å². The molecule has 0 amide bonds. The van der Waals surface area contributed by atoms with Gasteiger partial charge in [-0.15, -0.1) is 5.10 Å². The molecule has 7 heteroatoms. The monoisotopic (exact) mass is 209 g/mol. The molecule has 80 valence electrons. The fourth-order valence-electron chi connectivity index (χ4n) is 0.969. The number of nitro groups is 1. The Morgan fingerprint density at radius 3 is 2.73 bits per heavy atom. The summed E-state index contributed by atoms with van der Waals surface area (Å²) in [6.07, 6.45) is 0. The molecule has 0 heterocycles. The number of nitro benzene ring substituents is 1. The van der Waals surface area contributed by atoms with E-state index in [1.54, 1.807) is 13.0 Å². The number of hydrogen-bond donors (Lipinski definition) is 3. The minimum atomic E-state index is -0.486. The molecular weight excluding hydrogens is 198 g/mol. The molecule has 0 bridgehead atoms. The third-order valence-electron chi connectivity index (χ3n) is 1.74. The first kappa shape index (κ1) is 10.8. The van der Waals surface area contributed by atoms with Crippen molar-refractivity contribution in [2.75, 3.05) is 5.43 Å². The van der Waals surface area contributed by atoms with Crippen LogP contribution in [0.2, 0.25) is 0 Å². The van der Waals surface area contributed by atoms with Gasteiger partial charge in [0.05, 0.1) is 10.6 Å². The van der Waals surface area contributed by atoms with Crippen molar-refractivity contribution in [3.63, 3.8) is 0 Å². The van der Waals surface area contributed by atoms with E-state index in [4.69, 9.17) is 11.5 Å². The summed E-state index contributed by atoms with van der Waals surface area (Å²) in [4.78, 5) is 10.0. The van der Waals surface area contributed by atoms with Crippen molar-refractivity contribution in [2.45, 2.75) is 6.92 Å². The number of benzene rings is 1. The zero-order valence-electron chi connectivity index (χ0n) is 8.10. The van der Waals surface area contributed by atoms with Crippen LogP contribution < -0.4 is 16.9 Å². The van der Waals surface area contributed by atoms with Crippen LogP contribution >= 0.6 is 0 Å². The highest BCUT2D eigenvalue weighted by atomic mass is 16.6. The topological polar surface area (TPSA) is 120 Å². The quantitative estimate of drug-likeness (QED) is 0.290. The maximum absolute atomic E-state index is 10.5. The summed E-state index contributed by atoms with van der Waals surface area (Å²) in [5, 5.41) is 14.1. The molecule has 0 saturated carbocycles. The molecule has 0 saturated heterocycles. The van der Waals surface area contributed by atoms with Gasteiger partial charge in [0.2, 0.25) is 5.96 Å². The Kier molecular flexibility index (Phi) is 3.06. The Balaban J connectivity index is 3.00. The number of anilines is 1. The second-order valence-electron chi connectivity index (χ2n) is 2.90. The van der Waals surface area contributed by atoms with E-state index in [9.17, 15) is 10.1 Å². The number of hydrazone groups is 1. The Morgan fingerprint density at radius 2 is 2.20 bits per heavy atom. The Bertz CT molecular complexity index is 411. The molecule has 1 aromatic rings. The number of guanidine groups is 1. The number of rotatable bonds is 3. The molecule has 0 aliphatic carbocycles. The van der Waals surface area contributed by atoms with E-state index in [0.717, 1.165) is 5.56 Å². The van der Waals surface area contributed by atoms with Gasteiger partial charge in [-0.05, 0) is 12.5 Å². The van der Waals surface area contributed by atoms with E-state index in [-0.39, 0.29) is 11.6 Å². The molecular formula is C8H11N5O2.